The second-order valence-electron chi connectivity index (χ2n) is 8.69. The summed E-state index contributed by atoms with van der Waals surface area (Å²) in [6.07, 6.45) is 3.43. The van der Waals surface area contributed by atoms with E-state index in [4.69, 9.17) is 0 Å². The van der Waals surface area contributed by atoms with Crippen molar-refractivity contribution in [2.24, 2.45) is 5.92 Å². The van der Waals surface area contributed by atoms with Gasteiger partial charge in [0.05, 0.1) is 11.9 Å². The summed E-state index contributed by atoms with van der Waals surface area (Å²) in [6, 6.07) is 17.1. The molecule has 7 nitrogen and oxygen atoms in total. The molecule has 7 heteroatoms. The van der Waals surface area contributed by atoms with Crippen molar-refractivity contribution in [3.63, 3.8) is 0 Å². The zero-order valence-electron chi connectivity index (χ0n) is 17.9. The van der Waals surface area contributed by atoms with Crippen molar-refractivity contribution in [3.05, 3.63) is 76.2 Å². The second-order valence-corrected chi connectivity index (χ2v) is 8.69. The molecule has 2 aromatic carbocycles. The van der Waals surface area contributed by atoms with Gasteiger partial charge in [0.1, 0.15) is 0 Å². The van der Waals surface area contributed by atoms with Crippen molar-refractivity contribution in [2.75, 3.05) is 13.1 Å². The van der Waals surface area contributed by atoms with E-state index in [0.717, 1.165) is 18.4 Å². The molecule has 1 N–H and O–H groups in total. The summed E-state index contributed by atoms with van der Waals surface area (Å²) in [5, 5.41) is 8.63. The third-order valence-corrected chi connectivity index (χ3v) is 6.32. The molecule has 1 saturated carbocycles. The van der Waals surface area contributed by atoms with Gasteiger partial charge in [-0.05, 0) is 37.3 Å². The predicted octanol–water partition coefficient (Wildman–Crippen LogP) is 2.58. The average Bonchev–Trinajstić information content (AvgIpc) is 3.65. The highest BCUT2D eigenvalue weighted by Gasteiger charge is 2.32. The number of aromatic nitrogens is 2. The molecular formula is C25H26N4O3. The Morgan fingerprint density at radius 3 is 2.25 bits per heavy atom. The number of hydrogen-bond donors (Lipinski definition) is 1. The van der Waals surface area contributed by atoms with Crippen LogP contribution in [0.25, 0.3) is 10.8 Å². The predicted molar refractivity (Wildman–Crippen MR) is 121 cm³/mol. The fraction of sp³-hybridized carbons (Fsp3) is 0.360. The quantitative estimate of drug-likeness (QED) is 0.674. The number of amides is 2. The SMILES string of the molecule is O=C(NC1CC1)C1CCN(C(=O)c2nn(Cc3ccccc3)c(=O)c3ccccc23)CC1. The van der Waals surface area contributed by atoms with Gasteiger partial charge in [0.25, 0.3) is 11.5 Å². The summed E-state index contributed by atoms with van der Waals surface area (Å²) in [6.45, 7) is 1.32. The Hall–Kier alpha value is -3.48. The first-order chi connectivity index (χ1) is 15.6. The number of fused-ring (bicyclic) bond motifs is 1. The summed E-state index contributed by atoms with van der Waals surface area (Å²) in [7, 11) is 0. The van der Waals surface area contributed by atoms with Crippen molar-refractivity contribution < 1.29 is 9.59 Å². The second kappa shape index (κ2) is 8.57. The van der Waals surface area contributed by atoms with E-state index >= 15 is 0 Å². The zero-order valence-corrected chi connectivity index (χ0v) is 17.9. The van der Waals surface area contributed by atoms with E-state index in [1.807, 2.05) is 36.4 Å². The Labute approximate surface area is 186 Å². The van der Waals surface area contributed by atoms with Crippen molar-refractivity contribution >= 4 is 22.6 Å². The van der Waals surface area contributed by atoms with Crippen molar-refractivity contribution in [1.29, 1.82) is 0 Å². The molecule has 5 rings (SSSR count). The van der Waals surface area contributed by atoms with Crippen LogP contribution in [0.15, 0.2) is 59.4 Å². The Morgan fingerprint density at radius 2 is 1.56 bits per heavy atom. The van der Waals surface area contributed by atoms with Gasteiger partial charge in [-0.2, -0.15) is 5.10 Å². The van der Waals surface area contributed by atoms with Crippen LogP contribution < -0.4 is 10.9 Å². The molecule has 0 unspecified atom stereocenters. The minimum absolute atomic E-state index is 0.0450. The van der Waals surface area contributed by atoms with Gasteiger partial charge >= 0.3 is 0 Å². The fourth-order valence-corrected chi connectivity index (χ4v) is 4.30. The summed E-state index contributed by atoms with van der Waals surface area (Å²) >= 11 is 0. The number of likely N-dealkylation sites (tertiary alicyclic amines) is 1. The van der Waals surface area contributed by atoms with Gasteiger partial charge in [-0.25, -0.2) is 4.68 Å². The van der Waals surface area contributed by atoms with E-state index < -0.39 is 0 Å². The smallest absolute Gasteiger partial charge is 0.274 e. The summed E-state index contributed by atoms with van der Waals surface area (Å²) < 4.78 is 1.38. The molecule has 164 valence electrons. The molecule has 1 saturated heterocycles. The number of carbonyl (C=O) groups excluding carboxylic acids is 2. The standard InChI is InChI=1S/C25H26N4O3/c30-23(26-19-10-11-19)18-12-14-28(15-13-18)25(32)22-20-8-4-5-9-21(20)24(31)29(27-22)16-17-6-2-1-3-7-17/h1-9,18-19H,10-16H2,(H,26,30). The van der Waals surface area contributed by atoms with Crippen molar-refractivity contribution in [3.8, 4) is 0 Å². The number of nitrogens with one attached hydrogen (secondary N) is 1. The minimum atomic E-state index is -0.212. The van der Waals surface area contributed by atoms with Gasteiger partial charge in [0, 0.05) is 30.4 Å². The number of piperidine rings is 1. The molecule has 0 spiro atoms. The molecule has 1 aliphatic heterocycles. The number of rotatable bonds is 5. The molecule has 2 fully saturated rings. The number of hydrogen-bond acceptors (Lipinski definition) is 4. The first-order valence-corrected chi connectivity index (χ1v) is 11.2. The lowest BCUT2D eigenvalue weighted by molar-refractivity contribution is -0.126. The van der Waals surface area contributed by atoms with Crippen LogP contribution in [0.4, 0.5) is 0 Å². The lowest BCUT2D eigenvalue weighted by Gasteiger charge is -2.31. The van der Waals surface area contributed by atoms with Crippen LogP contribution in [0, 0.1) is 5.92 Å². The summed E-state index contributed by atoms with van der Waals surface area (Å²) in [4.78, 5) is 40.6. The van der Waals surface area contributed by atoms with Crippen LogP contribution in [0.2, 0.25) is 0 Å². The highest BCUT2D eigenvalue weighted by molar-refractivity contribution is 6.04. The van der Waals surface area contributed by atoms with Gasteiger partial charge in [0.2, 0.25) is 5.91 Å². The Bertz CT molecular complexity index is 1210. The first kappa shape index (κ1) is 20.4. The number of benzene rings is 2. The molecule has 0 bridgehead atoms. The molecule has 0 atom stereocenters. The summed E-state index contributed by atoms with van der Waals surface area (Å²) in [5.74, 6) is -0.125. The molecular weight excluding hydrogens is 404 g/mol. The van der Waals surface area contributed by atoms with Crippen molar-refractivity contribution in [1.82, 2.24) is 20.0 Å². The van der Waals surface area contributed by atoms with Gasteiger partial charge in [0.15, 0.2) is 5.69 Å². The van der Waals surface area contributed by atoms with Crippen LogP contribution >= 0.6 is 0 Å². The molecule has 2 aliphatic rings. The molecule has 2 heterocycles. The fourth-order valence-electron chi connectivity index (χ4n) is 4.30. The number of carbonyl (C=O) groups is 2. The van der Waals surface area contributed by atoms with Crippen LogP contribution in [-0.2, 0) is 11.3 Å². The third kappa shape index (κ3) is 4.15. The van der Waals surface area contributed by atoms with E-state index in [-0.39, 0.29) is 29.0 Å². The zero-order chi connectivity index (χ0) is 22.1. The monoisotopic (exact) mass is 430 g/mol. The third-order valence-electron chi connectivity index (χ3n) is 6.32. The van der Waals surface area contributed by atoms with Crippen LogP contribution in [0.5, 0.6) is 0 Å². The Balaban J connectivity index is 1.40. The Morgan fingerprint density at radius 1 is 0.906 bits per heavy atom. The molecule has 2 amide bonds. The van der Waals surface area contributed by atoms with E-state index in [0.29, 0.717) is 49.3 Å². The molecule has 32 heavy (non-hydrogen) atoms. The molecule has 0 radical (unpaired) electrons. The maximum Gasteiger partial charge on any atom is 0.274 e. The Kier molecular flexibility index (Phi) is 5.47. The lowest BCUT2D eigenvalue weighted by Crippen LogP contribution is -2.44. The number of nitrogens with zero attached hydrogens (tertiary/aromatic N) is 3. The van der Waals surface area contributed by atoms with Gasteiger partial charge in [-0.15, -0.1) is 0 Å². The van der Waals surface area contributed by atoms with Gasteiger partial charge < -0.3 is 10.2 Å². The van der Waals surface area contributed by atoms with Crippen LogP contribution in [0.3, 0.4) is 0 Å². The van der Waals surface area contributed by atoms with Crippen LogP contribution in [0.1, 0.15) is 41.7 Å². The van der Waals surface area contributed by atoms with Crippen molar-refractivity contribution in [2.45, 2.75) is 38.3 Å². The molecule has 3 aromatic rings. The highest BCUT2D eigenvalue weighted by atomic mass is 16.2. The maximum atomic E-state index is 13.4. The van der Waals surface area contributed by atoms with E-state index in [1.165, 1.54) is 4.68 Å². The van der Waals surface area contributed by atoms with E-state index in [9.17, 15) is 14.4 Å². The van der Waals surface area contributed by atoms with Gasteiger partial charge in [-0.1, -0.05) is 48.5 Å². The largest absolute Gasteiger partial charge is 0.353 e. The molecule has 1 aliphatic carbocycles. The van der Waals surface area contributed by atoms with Crippen LogP contribution in [-0.4, -0.2) is 45.6 Å². The minimum Gasteiger partial charge on any atom is -0.353 e. The average molecular weight is 431 g/mol. The van der Waals surface area contributed by atoms with Gasteiger partial charge in [-0.3, -0.25) is 14.4 Å². The molecule has 1 aromatic heterocycles. The normalized spacial score (nSPS) is 16.8. The van der Waals surface area contributed by atoms with E-state index in [1.54, 1.807) is 23.1 Å². The highest BCUT2D eigenvalue weighted by Crippen LogP contribution is 2.24. The summed E-state index contributed by atoms with van der Waals surface area (Å²) in [5.41, 5.74) is 1.02. The lowest BCUT2D eigenvalue weighted by atomic mass is 9.95. The topological polar surface area (TPSA) is 84.3 Å². The maximum absolute atomic E-state index is 13.4. The van der Waals surface area contributed by atoms with E-state index in [2.05, 4.69) is 10.4 Å². The first-order valence-electron chi connectivity index (χ1n) is 11.2.